The van der Waals surface area contributed by atoms with Crippen molar-refractivity contribution in [2.45, 2.75) is 25.0 Å². The van der Waals surface area contributed by atoms with Crippen molar-refractivity contribution in [2.75, 3.05) is 33.5 Å². The topological polar surface area (TPSA) is 65.1 Å². The number of amides is 1. The fourth-order valence-electron chi connectivity index (χ4n) is 2.16. The minimum Gasteiger partial charge on any atom is -0.467 e. The van der Waals surface area contributed by atoms with Crippen LogP contribution in [0.1, 0.15) is 12.8 Å². The van der Waals surface area contributed by atoms with Gasteiger partial charge in [-0.2, -0.15) is 0 Å². The summed E-state index contributed by atoms with van der Waals surface area (Å²) >= 11 is 0. The number of methoxy groups -OCH3 is 1. The van der Waals surface area contributed by atoms with Crippen LogP contribution in [0.3, 0.4) is 0 Å². The molecule has 2 aliphatic rings. The van der Waals surface area contributed by atoms with E-state index in [0.717, 1.165) is 12.8 Å². The van der Waals surface area contributed by atoms with Crippen LogP contribution in [-0.4, -0.2) is 62.4 Å². The molecule has 2 aliphatic heterocycles. The van der Waals surface area contributed by atoms with Crippen LogP contribution in [0.2, 0.25) is 0 Å². The summed E-state index contributed by atoms with van der Waals surface area (Å²) < 4.78 is 15.2. The van der Waals surface area contributed by atoms with Gasteiger partial charge >= 0.3 is 5.97 Å². The van der Waals surface area contributed by atoms with Crippen molar-refractivity contribution in [3.05, 3.63) is 0 Å². The average molecular weight is 243 g/mol. The zero-order chi connectivity index (χ0) is 12.3. The number of carbonyl (C=O) groups is 2. The first-order valence-corrected chi connectivity index (χ1v) is 5.81. The summed E-state index contributed by atoms with van der Waals surface area (Å²) in [5, 5.41) is 0. The number of nitrogens with zero attached hydrogens (tertiary/aromatic N) is 1. The standard InChI is InChI=1S/C11H17NO5/c1-15-11(14)8-7-16-6-4-12(8)10(13)9-3-2-5-17-9/h8-9H,2-7H2,1H3/t8?,9-/m0/s1. The van der Waals surface area contributed by atoms with Crippen molar-refractivity contribution in [1.29, 1.82) is 0 Å². The molecule has 0 aromatic heterocycles. The Bertz CT molecular complexity index is 300. The Labute approximate surface area is 99.8 Å². The first kappa shape index (κ1) is 12.3. The molecule has 2 saturated heterocycles. The van der Waals surface area contributed by atoms with Crippen molar-refractivity contribution >= 4 is 11.9 Å². The van der Waals surface area contributed by atoms with Gasteiger partial charge in [-0.1, -0.05) is 0 Å². The van der Waals surface area contributed by atoms with Crippen LogP contribution < -0.4 is 0 Å². The Balaban J connectivity index is 2.04. The normalized spacial score (nSPS) is 29.1. The van der Waals surface area contributed by atoms with E-state index in [-0.39, 0.29) is 12.5 Å². The van der Waals surface area contributed by atoms with Gasteiger partial charge in [0.25, 0.3) is 5.91 Å². The molecule has 6 nitrogen and oxygen atoms in total. The number of carbonyl (C=O) groups excluding carboxylic acids is 2. The van der Waals surface area contributed by atoms with Crippen LogP contribution in [0.5, 0.6) is 0 Å². The van der Waals surface area contributed by atoms with Crippen molar-refractivity contribution in [3.8, 4) is 0 Å². The Hall–Kier alpha value is -1.14. The molecular formula is C11H17NO5. The van der Waals surface area contributed by atoms with Gasteiger partial charge in [0.05, 0.1) is 20.3 Å². The summed E-state index contributed by atoms with van der Waals surface area (Å²) in [5.74, 6) is -0.558. The second kappa shape index (κ2) is 5.46. The molecule has 1 unspecified atom stereocenters. The number of hydrogen-bond donors (Lipinski definition) is 0. The van der Waals surface area contributed by atoms with E-state index < -0.39 is 18.1 Å². The molecule has 0 saturated carbocycles. The molecular weight excluding hydrogens is 226 g/mol. The molecule has 2 heterocycles. The third-order valence-electron chi connectivity index (χ3n) is 3.09. The first-order chi connectivity index (χ1) is 8.24. The van der Waals surface area contributed by atoms with E-state index in [2.05, 4.69) is 4.74 Å². The van der Waals surface area contributed by atoms with Crippen LogP contribution in [0.25, 0.3) is 0 Å². The lowest BCUT2D eigenvalue weighted by molar-refractivity contribution is -0.164. The lowest BCUT2D eigenvalue weighted by atomic mass is 10.1. The quantitative estimate of drug-likeness (QED) is 0.615. The van der Waals surface area contributed by atoms with Gasteiger partial charge in [-0.3, -0.25) is 4.79 Å². The van der Waals surface area contributed by atoms with Gasteiger partial charge < -0.3 is 19.1 Å². The van der Waals surface area contributed by atoms with Gasteiger partial charge in [0.15, 0.2) is 6.04 Å². The fraction of sp³-hybridized carbons (Fsp3) is 0.818. The molecule has 0 aromatic rings. The molecule has 0 N–H and O–H groups in total. The molecule has 2 rings (SSSR count). The minimum atomic E-state index is -0.634. The van der Waals surface area contributed by atoms with E-state index in [0.29, 0.717) is 19.8 Å². The highest BCUT2D eigenvalue weighted by Gasteiger charge is 2.38. The summed E-state index contributed by atoms with van der Waals surface area (Å²) in [6.45, 7) is 1.68. The third-order valence-corrected chi connectivity index (χ3v) is 3.09. The molecule has 17 heavy (non-hydrogen) atoms. The molecule has 0 radical (unpaired) electrons. The van der Waals surface area contributed by atoms with Crippen LogP contribution in [0, 0.1) is 0 Å². The maximum absolute atomic E-state index is 12.2. The van der Waals surface area contributed by atoms with Gasteiger partial charge in [0.2, 0.25) is 0 Å². The molecule has 0 bridgehead atoms. The Morgan fingerprint density at radius 1 is 1.35 bits per heavy atom. The van der Waals surface area contributed by atoms with E-state index in [1.807, 2.05) is 0 Å². The second-order valence-electron chi connectivity index (χ2n) is 4.15. The van der Waals surface area contributed by atoms with Gasteiger partial charge in [-0.05, 0) is 12.8 Å². The number of rotatable bonds is 2. The van der Waals surface area contributed by atoms with Gasteiger partial charge in [-0.15, -0.1) is 0 Å². The number of esters is 1. The van der Waals surface area contributed by atoms with Crippen LogP contribution in [0.4, 0.5) is 0 Å². The highest BCUT2D eigenvalue weighted by Crippen LogP contribution is 2.18. The van der Waals surface area contributed by atoms with Crippen molar-refractivity contribution in [2.24, 2.45) is 0 Å². The van der Waals surface area contributed by atoms with E-state index in [4.69, 9.17) is 9.47 Å². The number of morpholine rings is 1. The fourth-order valence-corrected chi connectivity index (χ4v) is 2.16. The van der Waals surface area contributed by atoms with E-state index >= 15 is 0 Å². The summed E-state index contributed by atoms with van der Waals surface area (Å²) in [6, 6.07) is -0.634. The summed E-state index contributed by atoms with van der Waals surface area (Å²) in [7, 11) is 1.31. The second-order valence-corrected chi connectivity index (χ2v) is 4.15. The maximum Gasteiger partial charge on any atom is 0.331 e. The molecule has 2 atom stereocenters. The molecule has 1 amide bonds. The maximum atomic E-state index is 12.2. The van der Waals surface area contributed by atoms with Crippen LogP contribution in [-0.2, 0) is 23.8 Å². The lowest BCUT2D eigenvalue weighted by Gasteiger charge is -2.34. The zero-order valence-corrected chi connectivity index (χ0v) is 9.89. The monoisotopic (exact) mass is 243 g/mol. The van der Waals surface area contributed by atoms with Crippen molar-refractivity contribution < 1.29 is 23.8 Å². The number of hydrogen-bond acceptors (Lipinski definition) is 5. The van der Waals surface area contributed by atoms with Gasteiger partial charge in [0.1, 0.15) is 6.10 Å². The molecule has 0 spiro atoms. The Kier molecular flexibility index (Phi) is 3.96. The third kappa shape index (κ3) is 2.58. The highest BCUT2D eigenvalue weighted by molar-refractivity contribution is 5.87. The average Bonchev–Trinajstić information content (AvgIpc) is 2.91. The van der Waals surface area contributed by atoms with Gasteiger partial charge in [0, 0.05) is 13.2 Å². The van der Waals surface area contributed by atoms with Crippen LogP contribution >= 0.6 is 0 Å². The highest BCUT2D eigenvalue weighted by atomic mass is 16.5. The Morgan fingerprint density at radius 2 is 2.18 bits per heavy atom. The molecule has 0 aromatic carbocycles. The molecule has 96 valence electrons. The largest absolute Gasteiger partial charge is 0.467 e. The van der Waals surface area contributed by atoms with Crippen molar-refractivity contribution in [3.63, 3.8) is 0 Å². The molecule has 0 aliphatic carbocycles. The van der Waals surface area contributed by atoms with Gasteiger partial charge in [-0.25, -0.2) is 4.79 Å². The predicted octanol–water partition coefficient (Wildman–Crippen LogP) is -0.434. The Morgan fingerprint density at radius 3 is 2.82 bits per heavy atom. The predicted molar refractivity (Wildman–Crippen MR) is 57.3 cm³/mol. The number of ether oxygens (including phenoxy) is 3. The van der Waals surface area contributed by atoms with E-state index in [1.165, 1.54) is 12.0 Å². The summed E-state index contributed by atoms with van der Waals surface area (Å²) in [6.07, 6.45) is 1.22. The zero-order valence-electron chi connectivity index (χ0n) is 9.89. The molecule has 2 fully saturated rings. The van der Waals surface area contributed by atoms with E-state index in [9.17, 15) is 9.59 Å². The molecule has 6 heteroatoms. The summed E-state index contributed by atoms with van der Waals surface area (Å²) in [4.78, 5) is 25.2. The first-order valence-electron chi connectivity index (χ1n) is 5.81. The minimum absolute atomic E-state index is 0.124. The lowest BCUT2D eigenvalue weighted by Crippen LogP contribution is -2.55. The summed E-state index contributed by atoms with van der Waals surface area (Å²) in [5.41, 5.74) is 0. The SMILES string of the molecule is COC(=O)C1COCCN1C(=O)[C@@H]1CCCO1. The van der Waals surface area contributed by atoms with Crippen molar-refractivity contribution in [1.82, 2.24) is 4.90 Å². The smallest absolute Gasteiger partial charge is 0.331 e. The van der Waals surface area contributed by atoms with E-state index in [1.54, 1.807) is 0 Å². The van der Waals surface area contributed by atoms with Crippen LogP contribution in [0.15, 0.2) is 0 Å².